The maximum Gasteiger partial charge on any atom is 0.272 e. The molecule has 2 rings (SSSR count). The molecular formula is C12H12ClN3O. The summed E-state index contributed by atoms with van der Waals surface area (Å²) in [6.07, 6.45) is 1.57. The minimum atomic E-state index is -0.169. The largest absolute Gasteiger partial charge is 0.398 e. The van der Waals surface area contributed by atoms with Crippen LogP contribution in [0.15, 0.2) is 24.4 Å². The van der Waals surface area contributed by atoms with E-state index < -0.39 is 0 Å². The Hall–Kier alpha value is -1.81. The van der Waals surface area contributed by atoms with E-state index in [-0.39, 0.29) is 5.91 Å². The zero-order valence-electron chi connectivity index (χ0n) is 9.57. The number of nitrogens with two attached hydrogens (primary N) is 1. The highest BCUT2D eigenvalue weighted by Gasteiger charge is 2.14. The van der Waals surface area contributed by atoms with Gasteiger partial charge < -0.3 is 10.6 Å². The molecule has 5 heteroatoms. The van der Waals surface area contributed by atoms with E-state index in [2.05, 4.69) is 4.98 Å². The minimum Gasteiger partial charge on any atom is -0.398 e. The molecule has 0 saturated carbocycles. The Morgan fingerprint density at radius 3 is 2.71 bits per heavy atom. The van der Waals surface area contributed by atoms with Crippen LogP contribution in [0, 0.1) is 0 Å². The molecule has 1 aromatic heterocycles. The van der Waals surface area contributed by atoms with Crippen molar-refractivity contribution >= 4 is 34.0 Å². The zero-order valence-corrected chi connectivity index (χ0v) is 10.3. The van der Waals surface area contributed by atoms with Gasteiger partial charge in [-0.15, -0.1) is 0 Å². The van der Waals surface area contributed by atoms with Gasteiger partial charge in [-0.3, -0.25) is 9.78 Å². The first kappa shape index (κ1) is 11.7. The fourth-order valence-electron chi connectivity index (χ4n) is 1.66. The molecule has 17 heavy (non-hydrogen) atoms. The first-order chi connectivity index (χ1) is 8.00. The van der Waals surface area contributed by atoms with Gasteiger partial charge in [0.2, 0.25) is 0 Å². The number of nitrogen functional groups attached to an aromatic ring is 1. The lowest BCUT2D eigenvalue weighted by Gasteiger charge is -2.12. The van der Waals surface area contributed by atoms with Crippen LogP contribution in [0.25, 0.3) is 10.8 Å². The average molecular weight is 250 g/mol. The SMILES string of the molecule is CN(C)C(=O)c1nccc2c(N)cc(Cl)cc12. The number of halogens is 1. The third-order valence-corrected chi connectivity index (χ3v) is 2.70. The Morgan fingerprint density at radius 1 is 1.35 bits per heavy atom. The van der Waals surface area contributed by atoms with Gasteiger partial charge in [0.1, 0.15) is 5.69 Å². The summed E-state index contributed by atoms with van der Waals surface area (Å²) in [4.78, 5) is 17.5. The summed E-state index contributed by atoms with van der Waals surface area (Å²) < 4.78 is 0. The maximum absolute atomic E-state index is 12.0. The van der Waals surface area contributed by atoms with Crippen molar-refractivity contribution in [3.63, 3.8) is 0 Å². The molecule has 0 atom stereocenters. The van der Waals surface area contributed by atoms with Crippen molar-refractivity contribution < 1.29 is 4.79 Å². The van der Waals surface area contributed by atoms with Crippen LogP contribution < -0.4 is 5.73 Å². The van der Waals surface area contributed by atoms with Gasteiger partial charge in [0.05, 0.1) is 0 Å². The predicted molar refractivity (Wildman–Crippen MR) is 69.2 cm³/mol. The Morgan fingerprint density at radius 2 is 2.06 bits per heavy atom. The molecule has 0 unspecified atom stereocenters. The van der Waals surface area contributed by atoms with E-state index in [9.17, 15) is 4.79 Å². The summed E-state index contributed by atoms with van der Waals surface area (Å²) in [5.74, 6) is -0.169. The van der Waals surface area contributed by atoms with Crippen LogP contribution in [0.5, 0.6) is 0 Å². The van der Waals surface area contributed by atoms with Crippen LogP contribution in [0.4, 0.5) is 5.69 Å². The Balaban J connectivity index is 2.77. The second-order valence-corrected chi connectivity index (χ2v) is 4.39. The van der Waals surface area contributed by atoms with Crippen molar-refractivity contribution in [2.45, 2.75) is 0 Å². The number of fused-ring (bicyclic) bond motifs is 1. The van der Waals surface area contributed by atoms with E-state index in [0.29, 0.717) is 21.8 Å². The number of carbonyl (C=O) groups excluding carboxylic acids is 1. The van der Waals surface area contributed by atoms with Crippen LogP contribution in [-0.4, -0.2) is 29.9 Å². The number of nitrogens with zero attached hydrogens (tertiary/aromatic N) is 2. The molecule has 2 aromatic rings. The van der Waals surface area contributed by atoms with Crippen molar-refractivity contribution in [1.82, 2.24) is 9.88 Å². The van der Waals surface area contributed by atoms with Gasteiger partial charge in [0.15, 0.2) is 0 Å². The summed E-state index contributed by atoms with van der Waals surface area (Å²) in [6.45, 7) is 0. The van der Waals surface area contributed by atoms with E-state index in [1.54, 1.807) is 38.5 Å². The normalized spacial score (nSPS) is 10.5. The van der Waals surface area contributed by atoms with Crippen LogP contribution in [0.2, 0.25) is 5.02 Å². The highest BCUT2D eigenvalue weighted by molar-refractivity contribution is 6.32. The van der Waals surface area contributed by atoms with Crippen LogP contribution in [0.1, 0.15) is 10.5 Å². The fraction of sp³-hybridized carbons (Fsp3) is 0.167. The Bertz CT molecular complexity index is 596. The molecule has 0 saturated heterocycles. The first-order valence-corrected chi connectivity index (χ1v) is 5.44. The number of carbonyl (C=O) groups is 1. The summed E-state index contributed by atoms with van der Waals surface area (Å²) >= 11 is 5.95. The molecule has 1 aromatic carbocycles. The summed E-state index contributed by atoms with van der Waals surface area (Å²) in [7, 11) is 3.35. The van der Waals surface area contributed by atoms with Crippen LogP contribution in [-0.2, 0) is 0 Å². The summed E-state index contributed by atoms with van der Waals surface area (Å²) in [5.41, 5.74) is 6.77. The lowest BCUT2D eigenvalue weighted by molar-refractivity contribution is 0.0824. The Labute approximate surface area is 104 Å². The number of anilines is 1. The van der Waals surface area contributed by atoms with Crippen molar-refractivity contribution in [2.75, 3.05) is 19.8 Å². The number of rotatable bonds is 1. The molecule has 0 bridgehead atoms. The molecule has 0 fully saturated rings. The van der Waals surface area contributed by atoms with Crippen molar-refractivity contribution in [2.24, 2.45) is 0 Å². The second-order valence-electron chi connectivity index (χ2n) is 3.95. The topological polar surface area (TPSA) is 59.2 Å². The summed E-state index contributed by atoms with van der Waals surface area (Å²) in [5, 5.41) is 1.96. The first-order valence-electron chi connectivity index (χ1n) is 5.06. The molecule has 0 radical (unpaired) electrons. The van der Waals surface area contributed by atoms with E-state index in [4.69, 9.17) is 17.3 Å². The van der Waals surface area contributed by atoms with Crippen molar-refractivity contribution in [3.05, 3.63) is 35.1 Å². The molecule has 0 aliphatic rings. The number of amides is 1. The molecule has 1 heterocycles. The van der Waals surface area contributed by atoms with Crippen molar-refractivity contribution in [3.8, 4) is 0 Å². The van der Waals surface area contributed by atoms with Gasteiger partial charge in [-0.05, 0) is 18.2 Å². The smallest absolute Gasteiger partial charge is 0.272 e. The highest BCUT2D eigenvalue weighted by Crippen LogP contribution is 2.27. The molecular weight excluding hydrogens is 238 g/mol. The molecule has 0 aliphatic carbocycles. The van der Waals surface area contributed by atoms with Gasteiger partial charge >= 0.3 is 0 Å². The molecule has 0 spiro atoms. The average Bonchev–Trinajstić information content (AvgIpc) is 2.27. The van der Waals surface area contributed by atoms with Crippen molar-refractivity contribution in [1.29, 1.82) is 0 Å². The fourth-order valence-corrected chi connectivity index (χ4v) is 1.89. The lowest BCUT2D eigenvalue weighted by atomic mass is 10.1. The lowest BCUT2D eigenvalue weighted by Crippen LogP contribution is -2.23. The highest BCUT2D eigenvalue weighted by atomic mass is 35.5. The van der Waals surface area contributed by atoms with Gasteiger partial charge in [-0.1, -0.05) is 11.6 Å². The molecule has 0 aliphatic heterocycles. The molecule has 4 nitrogen and oxygen atoms in total. The van der Waals surface area contributed by atoms with Gasteiger partial charge in [-0.2, -0.15) is 0 Å². The van der Waals surface area contributed by atoms with E-state index in [0.717, 1.165) is 5.39 Å². The van der Waals surface area contributed by atoms with Gasteiger partial charge in [-0.25, -0.2) is 0 Å². The minimum absolute atomic E-state index is 0.169. The number of benzene rings is 1. The number of hydrogen-bond donors (Lipinski definition) is 1. The third kappa shape index (κ3) is 2.03. The number of hydrogen-bond acceptors (Lipinski definition) is 3. The zero-order chi connectivity index (χ0) is 12.6. The number of aromatic nitrogens is 1. The third-order valence-electron chi connectivity index (χ3n) is 2.49. The monoisotopic (exact) mass is 249 g/mol. The quantitative estimate of drug-likeness (QED) is 0.788. The van der Waals surface area contributed by atoms with E-state index in [1.807, 2.05) is 0 Å². The standard InChI is InChI=1S/C12H12ClN3O/c1-16(2)12(17)11-9-5-7(13)6-10(14)8(9)3-4-15-11/h3-6H,14H2,1-2H3. The van der Waals surface area contributed by atoms with Gasteiger partial charge in [0, 0.05) is 41.8 Å². The molecule has 88 valence electrons. The number of pyridine rings is 1. The molecule has 2 N–H and O–H groups in total. The predicted octanol–water partition coefficient (Wildman–Crippen LogP) is 2.17. The van der Waals surface area contributed by atoms with Crippen LogP contribution in [0.3, 0.4) is 0 Å². The van der Waals surface area contributed by atoms with Crippen LogP contribution >= 0.6 is 11.6 Å². The molecule has 1 amide bonds. The van der Waals surface area contributed by atoms with E-state index >= 15 is 0 Å². The van der Waals surface area contributed by atoms with Gasteiger partial charge in [0.25, 0.3) is 5.91 Å². The maximum atomic E-state index is 12.0. The Kier molecular flexibility index (Phi) is 2.90. The van der Waals surface area contributed by atoms with E-state index in [1.165, 1.54) is 4.90 Å². The summed E-state index contributed by atoms with van der Waals surface area (Å²) in [6, 6.07) is 5.14. The second kappa shape index (κ2) is 4.22.